The number of hydrogen-bond acceptors (Lipinski definition) is 2. The lowest BCUT2D eigenvalue weighted by Crippen LogP contribution is -2.27. The van der Waals surface area contributed by atoms with E-state index in [9.17, 15) is 4.79 Å². The molecule has 0 aromatic heterocycles. The highest BCUT2D eigenvalue weighted by Crippen LogP contribution is 2.33. The number of amides is 1. The summed E-state index contributed by atoms with van der Waals surface area (Å²) in [5, 5.41) is 5.44. The van der Waals surface area contributed by atoms with Gasteiger partial charge in [-0.25, -0.2) is 0 Å². The molecule has 0 spiro atoms. The first kappa shape index (κ1) is 15.7. The van der Waals surface area contributed by atoms with E-state index in [1.165, 1.54) is 16.5 Å². The Morgan fingerprint density at radius 2 is 1.76 bits per heavy atom. The van der Waals surface area contributed by atoms with Gasteiger partial charge in [0.15, 0.2) is 0 Å². The standard InChI is InChI=1S/C22H21NO2/c1-14(17-7-3-4-9-20(17)25-2)23-22(24)19-13-12-16-11-10-15-6-5-8-18(19)21(15)16/h3-9,12-14H,10-11H2,1-2H3,(H,23,24)/t14-/m1/s1. The van der Waals surface area contributed by atoms with Crippen molar-refractivity contribution in [2.45, 2.75) is 25.8 Å². The fraction of sp³-hybridized carbons (Fsp3) is 0.227. The van der Waals surface area contributed by atoms with Gasteiger partial charge in [-0.1, -0.05) is 42.5 Å². The minimum atomic E-state index is -0.133. The molecule has 1 aliphatic rings. The molecule has 126 valence electrons. The number of carbonyl (C=O) groups excluding carboxylic acids is 1. The number of carbonyl (C=O) groups is 1. The molecule has 0 heterocycles. The Morgan fingerprint density at radius 3 is 2.56 bits per heavy atom. The fourth-order valence-electron chi connectivity index (χ4n) is 3.82. The summed E-state index contributed by atoms with van der Waals surface area (Å²) >= 11 is 0. The second-order valence-corrected chi connectivity index (χ2v) is 6.55. The van der Waals surface area contributed by atoms with Gasteiger partial charge in [0.25, 0.3) is 5.91 Å². The van der Waals surface area contributed by atoms with Crippen LogP contribution in [0.25, 0.3) is 10.8 Å². The van der Waals surface area contributed by atoms with Crippen molar-refractivity contribution < 1.29 is 9.53 Å². The van der Waals surface area contributed by atoms with E-state index in [1.54, 1.807) is 7.11 Å². The lowest BCUT2D eigenvalue weighted by molar-refractivity contribution is 0.0941. The normalized spacial score (nSPS) is 13.7. The molecule has 1 atom stereocenters. The van der Waals surface area contributed by atoms with E-state index < -0.39 is 0 Å². The zero-order chi connectivity index (χ0) is 17.4. The van der Waals surface area contributed by atoms with Crippen LogP contribution in [0.5, 0.6) is 5.75 Å². The van der Waals surface area contributed by atoms with Crippen molar-refractivity contribution in [1.29, 1.82) is 0 Å². The van der Waals surface area contributed by atoms with Crippen LogP contribution in [0.4, 0.5) is 0 Å². The second-order valence-electron chi connectivity index (χ2n) is 6.55. The summed E-state index contributed by atoms with van der Waals surface area (Å²) in [6.07, 6.45) is 2.13. The second kappa shape index (κ2) is 6.25. The summed E-state index contributed by atoms with van der Waals surface area (Å²) in [5.74, 6) is 0.740. The number of benzene rings is 3. The van der Waals surface area contributed by atoms with Gasteiger partial charge in [0, 0.05) is 11.1 Å². The predicted octanol–water partition coefficient (Wildman–Crippen LogP) is 4.44. The Hall–Kier alpha value is -2.81. The molecule has 0 saturated heterocycles. The minimum Gasteiger partial charge on any atom is -0.496 e. The number of methoxy groups -OCH3 is 1. The summed E-state index contributed by atoms with van der Waals surface area (Å²) < 4.78 is 5.41. The molecule has 3 aromatic rings. The van der Waals surface area contributed by atoms with E-state index in [0.717, 1.165) is 35.1 Å². The summed E-state index contributed by atoms with van der Waals surface area (Å²) in [6, 6.07) is 18.0. The first-order chi connectivity index (χ1) is 12.2. The molecular weight excluding hydrogens is 310 g/mol. The third kappa shape index (κ3) is 2.66. The predicted molar refractivity (Wildman–Crippen MR) is 100 cm³/mol. The molecule has 0 fully saturated rings. The third-order valence-electron chi connectivity index (χ3n) is 5.07. The van der Waals surface area contributed by atoms with Crippen molar-refractivity contribution in [3.63, 3.8) is 0 Å². The van der Waals surface area contributed by atoms with E-state index in [4.69, 9.17) is 4.74 Å². The maximum Gasteiger partial charge on any atom is 0.252 e. The summed E-state index contributed by atoms with van der Waals surface area (Å²) in [4.78, 5) is 12.9. The summed E-state index contributed by atoms with van der Waals surface area (Å²) in [5.41, 5.74) is 4.41. The molecule has 1 amide bonds. The first-order valence-electron chi connectivity index (χ1n) is 8.66. The fourth-order valence-corrected chi connectivity index (χ4v) is 3.82. The van der Waals surface area contributed by atoms with Crippen molar-refractivity contribution >= 4 is 16.7 Å². The van der Waals surface area contributed by atoms with Crippen LogP contribution in [0.1, 0.15) is 40.0 Å². The van der Waals surface area contributed by atoms with Gasteiger partial charge in [0.05, 0.1) is 13.2 Å². The van der Waals surface area contributed by atoms with Crippen LogP contribution in [0.3, 0.4) is 0 Å². The Labute approximate surface area is 147 Å². The van der Waals surface area contributed by atoms with Crippen LogP contribution in [-0.4, -0.2) is 13.0 Å². The van der Waals surface area contributed by atoms with E-state index in [-0.39, 0.29) is 11.9 Å². The zero-order valence-corrected chi connectivity index (χ0v) is 14.5. The Morgan fingerprint density at radius 1 is 1.00 bits per heavy atom. The SMILES string of the molecule is COc1ccccc1[C@@H](C)NC(=O)c1ccc2c3c(cccc13)CC2. The van der Waals surface area contributed by atoms with E-state index >= 15 is 0 Å². The van der Waals surface area contributed by atoms with E-state index in [2.05, 4.69) is 23.5 Å². The Kier molecular flexibility index (Phi) is 3.92. The molecule has 0 unspecified atom stereocenters. The molecule has 3 aromatic carbocycles. The number of hydrogen-bond donors (Lipinski definition) is 1. The quantitative estimate of drug-likeness (QED) is 0.767. The number of ether oxygens (including phenoxy) is 1. The van der Waals surface area contributed by atoms with Crippen molar-refractivity contribution in [3.8, 4) is 5.75 Å². The van der Waals surface area contributed by atoms with Crippen molar-refractivity contribution in [2.24, 2.45) is 0 Å². The maximum absolute atomic E-state index is 12.9. The number of rotatable bonds is 4. The van der Waals surface area contributed by atoms with Crippen LogP contribution in [0, 0.1) is 0 Å². The minimum absolute atomic E-state index is 0.0472. The van der Waals surface area contributed by atoms with Gasteiger partial charge in [0.1, 0.15) is 5.75 Å². The average Bonchev–Trinajstić information content (AvgIpc) is 3.07. The highest BCUT2D eigenvalue weighted by molar-refractivity contribution is 6.09. The van der Waals surface area contributed by atoms with Gasteiger partial charge in [-0.15, -0.1) is 0 Å². The molecule has 4 rings (SSSR count). The highest BCUT2D eigenvalue weighted by Gasteiger charge is 2.20. The lowest BCUT2D eigenvalue weighted by Gasteiger charge is -2.18. The van der Waals surface area contributed by atoms with Crippen molar-refractivity contribution in [1.82, 2.24) is 5.32 Å². The number of para-hydroxylation sites is 1. The average molecular weight is 331 g/mol. The van der Waals surface area contributed by atoms with Crippen LogP contribution >= 0.6 is 0 Å². The molecule has 3 heteroatoms. The topological polar surface area (TPSA) is 38.3 Å². The monoisotopic (exact) mass is 331 g/mol. The lowest BCUT2D eigenvalue weighted by atomic mass is 9.99. The molecule has 25 heavy (non-hydrogen) atoms. The van der Waals surface area contributed by atoms with Crippen LogP contribution in [0.2, 0.25) is 0 Å². The highest BCUT2D eigenvalue weighted by atomic mass is 16.5. The van der Waals surface area contributed by atoms with Gasteiger partial charge < -0.3 is 10.1 Å². The van der Waals surface area contributed by atoms with Crippen molar-refractivity contribution in [2.75, 3.05) is 7.11 Å². The number of nitrogens with one attached hydrogen (secondary N) is 1. The van der Waals surface area contributed by atoms with Crippen LogP contribution in [-0.2, 0) is 12.8 Å². The van der Waals surface area contributed by atoms with Gasteiger partial charge >= 0.3 is 0 Å². The number of aryl methyl sites for hydroxylation is 2. The molecule has 0 bridgehead atoms. The van der Waals surface area contributed by atoms with E-state index in [1.807, 2.05) is 43.3 Å². The summed E-state index contributed by atoms with van der Waals surface area (Å²) in [6.45, 7) is 1.98. The van der Waals surface area contributed by atoms with E-state index in [0.29, 0.717) is 0 Å². The van der Waals surface area contributed by atoms with Gasteiger partial charge in [-0.2, -0.15) is 0 Å². The molecular formula is C22H21NO2. The molecule has 3 nitrogen and oxygen atoms in total. The zero-order valence-electron chi connectivity index (χ0n) is 14.5. The first-order valence-corrected chi connectivity index (χ1v) is 8.66. The van der Waals surface area contributed by atoms with Gasteiger partial charge in [-0.3, -0.25) is 4.79 Å². The van der Waals surface area contributed by atoms with Crippen LogP contribution < -0.4 is 10.1 Å². The third-order valence-corrected chi connectivity index (χ3v) is 5.07. The Bertz CT molecular complexity index is 951. The molecule has 1 N–H and O–H groups in total. The summed E-state index contributed by atoms with van der Waals surface area (Å²) in [7, 11) is 1.65. The molecule has 0 aliphatic heterocycles. The van der Waals surface area contributed by atoms with Gasteiger partial charge in [-0.05, 0) is 53.8 Å². The molecule has 1 aliphatic carbocycles. The van der Waals surface area contributed by atoms with Gasteiger partial charge in [0.2, 0.25) is 0 Å². The van der Waals surface area contributed by atoms with Crippen LogP contribution in [0.15, 0.2) is 54.6 Å². The smallest absolute Gasteiger partial charge is 0.252 e. The Balaban J connectivity index is 1.67. The molecule has 0 saturated carbocycles. The maximum atomic E-state index is 12.9. The largest absolute Gasteiger partial charge is 0.496 e. The molecule has 0 radical (unpaired) electrons. The van der Waals surface area contributed by atoms with Crippen molar-refractivity contribution in [3.05, 3.63) is 76.9 Å².